The first-order valence-corrected chi connectivity index (χ1v) is 9.00. The summed E-state index contributed by atoms with van der Waals surface area (Å²) in [4.78, 5) is 19.9. The molecule has 3 rings (SSSR count). The lowest BCUT2D eigenvalue weighted by Gasteiger charge is -2.11. The van der Waals surface area contributed by atoms with Gasteiger partial charge in [-0.1, -0.05) is 12.1 Å². The fourth-order valence-corrected chi connectivity index (χ4v) is 2.71. The van der Waals surface area contributed by atoms with Crippen molar-refractivity contribution < 1.29 is 14.3 Å². The number of methoxy groups -OCH3 is 2. The van der Waals surface area contributed by atoms with Crippen LogP contribution in [-0.4, -0.2) is 30.1 Å². The molecule has 1 heterocycles. The van der Waals surface area contributed by atoms with E-state index < -0.39 is 0 Å². The largest absolute Gasteiger partial charge is 0.493 e. The highest BCUT2D eigenvalue weighted by Crippen LogP contribution is 2.27. The predicted octanol–water partition coefficient (Wildman–Crippen LogP) is 3.81. The van der Waals surface area contributed by atoms with E-state index in [1.807, 2.05) is 42.5 Å². The van der Waals surface area contributed by atoms with Gasteiger partial charge in [-0.25, -0.2) is 4.98 Å². The van der Waals surface area contributed by atoms with Gasteiger partial charge in [-0.3, -0.25) is 4.79 Å². The molecule has 29 heavy (non-hydrogen) atoms. The first-order chi connectivity index (χ1) is 14.1. The van der Waals surface area contributed by atoms with Gasteiger partial charge in [0.1, 0.15) is 5.82 Å². The first-order valence-electron chi connectivity index (χ1n) is 9.00. The van der Waals surface area contributed by atoms with Gasteiger partial charge in [0.05, 0.1) is 14.2 Å². The van der Waals surface area contributed by atoms with E-state index in [4.69, 9.17) is 9.47 Å². The molecule has 8 heteroatoms. The Kier molecular flexibility index (Phi) is 6.47. The SMILES string of the molecule is COc1ccc(CNc2nccc(Nc3cccc(NC(C)=O)c3)n2)cc1OC. The molecule has 8 nitrogen and oxygen atoms in total. The van der Waals surface area contributed by atoms with E-state index in [1.54, 1.807) is 26.5 Å². The quantitative estimate of drug-likeness (QED) is 0.535. The van der Waals surface area contributed by atoms with E-state index in [0.29, 0.717) is 35.5 Å². The van der Waals surface area contributed by atoms with Crippen molar-refractivity contribution in [2.24, 2.45) is 0 Å². The minimum absolute atomic E-state index is 0.120. The summed E-state index contributed by atoms with van der Waals surface area (Å²) in [7, 11) is 3.21. The smallest absolute Gasteiger partial charge is 0.224 e. The Hall–Kier alpha value is -3.81. The van der Waals surface area contributed by atoms with Crippen LogP contribution in [-0.2, 0) is 11.3 Å². The van der Waals surface area contributed by atoms with Crippen molar-refractivity contribution in [3.05, 3.63) is 60.3 Å². The summed E-state index contributed by atoms with van der Waals surface area (Å²) in [5, 5.41) is 9.16. The van der Waals surface area contributed by atoms with E-state index in [9.17, 15) is 4.79 Å². The third kappa shape index (κ3) is 5.58. The lowest BCUT2D eigenvalue weighted by atomic mass is 10.2. The number of anilines is 4. The minimum atomic E-state index is -0.120. The molecule has 0 aliphatic heterocycles. The van der Waals surface area contributed by atoms with Crippen molar-refractivity contribution in [2.45, 2.75) is 13.5 Å². The second kappa shape index (κ2) is 9.41. The van der Waals surface area contributed by atoms with Crippen molar-refractivity contribution >= 4 is 29.0 Å². The number of nitrogens with zero attached hydrogens (tertiary/aromatic N) is 2. The predicted molar refractivity (Wildman–Crippen MR) is 113 cm³/mol. The van der Waals surface area contributed by atoms with Gasteiger partial charge in [0.15, 0.2) is 11.5 Å². The molecule has 0 saturated heterocycles. The second-order valence-corrected chi connectivity index (χ2v) is 6.20. The molecule has 2 aromatic carbocycles. The lowest BCUT2D eigenvalue weighted by molar-refractivity contribution is -0.114. The number of carbonyl (C=O) groups excluding carboxylic acids is 1. The van der Waals surface area contributed by atoms with Gasteiger partial charge in [0, 0.05) is 31.0 Å². The summed E-state index contributed by atoms with van der Waals surface area (Å²) in [5.74, 6) is 2.35. The molecule has 0 aliphatic rings. The van der Waals surface area contributed by atoms with E-state index in [0.717, 1.165) is 11.3 Å². The van der Waals surface area contributed by atoms with Crippen LogP contribution in [0.15, 0.2) is 54.7 Å². The minimum Gasteiger partial charge on any atom is -0.493 e. The van der Waals surface area contributed by atoms with E-state index in [-0.39, 0.29) is 5.91 Å². The van der Waals surface area contributed by atoms with E-state index >= 15 is 0 Å². The van der Waals surface area contributed by atoms with Gasteiger partial charge in [0.25, 0.3) is 0 Å². The molecule has 3 aromatic rings. The van der Waals surface area contributed by atoms with Crippen molar-refractivity contribution in [3.8, 4) is 11.5 Å². The number of rotatable bonds is 8. The fourth-order valence-electron chi connectivity index (χ4n) is 2.71. The van der Waals surface area contributed by atoms with Crippen LogP contribution in [0.1, 0.15) is 12.5 Å². The lowest BCUT2D eigenvalue weighted by Crippen LogP contribution is -2.06. The topological polar surface area (TPSA) is 97.4 Å². The number of aromatic nitrogens is 2. The number of hydrogen-bond acceptors (Lipinski definition) is 7. The molecule has 0 fully saturated rings. The average molecular weight is 393 g/mol. The fraction of sp³-hybridized carbons (Fsp3) is 0.190. The summed E-state index contributed by atoms with van der Waals surface area (Å²) < 4.78 is 10.6. The summed E-state index contributed by atoms with van der Waals surface area (Å²) >= 11 is 0. The van der Waals surface area contributed by atoms with Crippen LogP contribution in [0.3, 0.4) is 0 Å². The molecule has 0 saturated carbocycles. The van der Waals surface area contributed by atoms with Crippen LogP contribution in [0, 0.1) is 0 Å². The standard InChI is InChI=1S/C21H23N5O3/c1-14(27)24-16-5-4-6-17(12-16)25-20-9-10-22-21(26-20)23-13-15-7-8-18(28-2)19(11-15)29-3/h4-12H,13H2,1-3H3,(H,24,27)(H2,22,23,25,26). The maximum Gasteiger partial charge on any atom is 0.224 e. The molecule has 1 aromatic heterocycles. The third-order valence-corrected chi connectivity index (χ3v) is 4.01. The number of carbonyl (C=O) groups is 1. The Balaban J connectivity index is 1.66. The van der Waals surface area contributed by atoms with Gasteiger partial charge in [-0.05, 0) is 42.0 Å². The van der Waals surface area contributed by atoms with Crippen molar-refractivity contribution in [1.82, 2.24) is 9.97 Å². The summed E-state index contributed by atoms with van der Waals surface area (Å²) in [5.41, 5.74) is 2.52. The molecule has 0 atom stereocenters. The van der Waals surface area contributed by atoms with Crippen molar-refractivity contribution in [2.75, 3.05) is 30.2 Å². The Labute approximate surface area is 169 Å². The molecule has 0 unspecified atom stereocenters. The first kappa shape index (κ1) is 19.9. The zero-order chi connectivity index (χ0) is 20.6. The maximum atomic E-state index is 11.2. The van der Waals surface area contributed by atoms with Crippen LogP contribution in [0.4, 0.5) is 23.1 Å². The van der Waals surface area contributed by atoms with Gasteiger partial charge < -0.3 is 25.4 Å². The Bertz CT molecular complexity index is 994. The van der Waals surface area contributed by atoms with Gasteiger partial charge >= 0.3 is 0 Å². The van der Waals surface area contributed by atoms with Gasteiger partial charge in [0.2, 0.25) is 11.9 Å². The number of hydrogen-bond donors (Lipinski definition) is 3. The Morgan fingerprint density at radius 2 is 1.79 bits per heavy atom. The van der Waals surface area contributed by atoms with Crippen LogP contribution in [0.25, 0.3) is 0 Å². The third-order valence-electron chi connectivity index (χ3n) is 4.01. The van der Waals surface area contributed by atoms with Crippen LogP contribution >= 0.6 is 0 Å². The molecular formula is C21H23N5O3. The van der Waals surface area contributed by atoms with Crippen molar-refractivity contribution in [3.63, 3.8) is 0 Å². The highest BCUT2D eigenvalue weighted by Gasteiger charge is 2.06. The molecule has 0 bridgehead atoms. The summed E-state index contributed by atoms with van der Waals surface area (Å²) in [6.07, 6.45) is 1.67. The van der Waals surface area contributed by atoms with E-state index in [1.165, 1.54) is 6.92 Å². The van der Waals surface area contributed by atoms with E-state index in [2.05, 4.69) is 25.9 Å². The van der Waals surface area contributed by atoms with Crippen LogP contribution in [0.5, 0.6) is 11.5 Å². The Morgan fingerprint density at radius 3 is 2.55 bits per heavy atom. The monoisotopic (exact) mass is 393 g/mol. The summed E-state index contributed by atoms with van der Waals surface area (Å²) in [6, 6.07) is 14.9. The molecule has 0 spiro atoms. The molecule has 150 valence electrons. The van der Waals surface area contributed by atoms with Crippen LogP contribution in [0.2, 0.25) is 0 Å². The zero-order valence-corrected chi connectivity index (χ0v) is 16.5. The normalized spacial score (nSPS) is 10.2. The molecular weight excluding hydrogens is 370 g/mol. The molecule has 3 N–H and O–H groups in total. The zero-order valence-electron chi connectivity index (χ0n) is 16.5. The number of nitrogens with one attached hydrogen (secondary N) is 3. The maximum absolute atomic E-state index is 11.2. The molecule has 0 radical (unpaired) electrons. The van der Waals surface area contributed by atoms with Gasteiger partial charge in [-0.2, -0.15) is 4.98 Å². The highest BCUT2D eigenvalue weighted by molar-refractivity contribution is 5.89. The number of amides is 1. The second-order valence-electron chi connectivity index (χ2n) is 6.20. The number of benzene rings is 2. The molecule has 0 aliphatic carbocycles. The Morgan fingerprint density at radius 1 is 1.00 bits per heavy atom. The molecule has 1 amide bonds. The summed E-state index contributed by atoms with van der Waals surface area (Å²) in [6.45, 7) is 2.00. The van der Waals surface area contributed by atoms with Crippen LogP contribution < -0.4 is 25.4 Å². The number of ether oxygens (including phenoxy) is 2. The average Bonchev–Trinajstić information content (AvgIpc) is 2.72. The van der Waals surface area contributed by atoms with Crippen molar-refractivity contribution in [1.29, 1.82) is 0 Å². The highest BCUT2D eigenvalue weighted by atomic mass is 16.5. The van der Waals surface area contributed by atoms with Gasteiger partial charge in [-0.15, -0.1) is 0 Å².